The minimum Gasteiger partial charge on any atom is -0.544 e. The summed E-state index contributed by atoms with van der Waals surface area (Å²) in [5.74, 6) is -6.23. The molecule has 3 heterocycles. The third-order valence-corrected chi connectivity index (χ3v) is 5.14. The zero-order valence-electron chi connectivity index (χ0n) is 17.6. The summed E-state index contributed by atoms with van der Waals surface area (Å²) in [6.45, 7) is 0. The number of ether oxygens (including phenoxy) is 2. The zero-order valence-corrected chi connectivity index (χ0v) is 20.4. The molecule has 172 valence electrons. The van der Waals surface area contributed by atoms with Gasteiger partial charge in [0.2, 0.25) is 6.10 Å². The van der Waals surface area contributed by atoms with Crippen molar-refractivity contribution in [3.63, 3.8) is 0 Å². The second kappa shape index (κ2) is 10.4. The van der Waals surface area contributed by atoms with Gasteiger partial charge in [-0.1, -0.05) is 5.16 Å². The fourth-order valence-corrected chi connectivity index (χ4v) is 3.56. The predicted molar refractivity (Wildman–Crippen MR) is 98.8 cm³/mol. The minimum absolute atomic E-state index is 0. The van der Waals surface area contributed by atoms with Crippen LogP contribution in [0.4, 0.5) is 5.13 Å². The largest absolute Gasteiger partial charge is 1.00 e. The number of amides is 2. The molecular formula is C16H16N5NaO10S. The maximum Gasteiger partial charge on any atom is 1.00 e. The van der Waals surface area contributed by atoms with E-state index in [2.05, 4.69) is 25.0 Å². The normalized spacial score (nSPS) is 24.7. The first kappa shape index (κ1) is 26.5. The van der Waals surface area contributed by atoms with Gasteiger partial charge in [0, 0.05) is 11.8 Å². The van der Waals surface area contributed by atoms with Crippen molar-refractivity contribution in [2.24, 2.45) is 5.16 Å². The molecule has 2 saturated heterocycles. The van der Waals surface area contributed by atoms with Gasteiger partial charge < -0.3 is 35.3 Å². The van der Waals surface area contributed by atoms with Crippen LogP contribution in [0.3, 0.4) is 0 Å². The number of hydrogen-bond acceptors (Lipinski definition) is 14. The third kappa shape index (κ3) is 4.93. The number of nitrogens with two attached hydrogens (primary N) is 1. The first-order valence-electron chi connectivity index (χ1n) is 8.80. The molecule has 1 unspecified atom stereocenters. The Balaban J connectivity index is 0.00000385. The Hall–Kier alpha value is -2.79. The topological polar surface area (TPSA) is 212 Å². The molecule has 0 bridgehead atoms. The number of nitrogens with zero attached hydrogens (tertiary/aromatic N) is 3. The Morgan fingerprint density at radius 2 is 2.09 bits per heavy atom. The fourth-order valence-electron chi connectivity index (χ4n) is 3.01. The number of aliphatic carboxylic acids is 1. The summed E-state index contributed by atoms with van der Waals surface area (Å²) < 4.78 is 9.35. The number of rotatable bonds is 7. The molecule has 17 heteroatoms. The zero-order chi connectivity index (χ0) is 23.6. The molecule has 3 atom stereocenters. The number of carbonyl (C=O) groups excluding carboxylic acids is 5. The molecule has 0 radical (unpaired) electrons. The van der Waals surface area contributed by atoms with Crippen molar-refractivity contribution in [2.75, 3.05) is 20.0 Å². The molecule has 2 amide bonds. The number of nitrogens with one attached hydrogen (secondary N) is 1. The summed E-state index contributed by atoms with van der Waals surface area (Å²) in [5.41, 5.74) is 2.56. The number of carboxylic acid groups (broad SMARTS) is 1. The van der Waals surface area contributed by atoms with Crippen LogP contribution in [-0.4, -0.2) is 77.6 Å². The maximum absolute atomic E-state index is 13.0. The molecule has 1 aromatic heterocycles. The third-order valence-electron chi connectivity index (χ3n) is 4.47. The standard InChI is InChI=1S/C16H17N5O10S.Na/c1-28-13(25)10-9(19-11(23)8(20-29-2)6-5-32-15(17)18-6)12(24)21(31-10)16(14(26)27)4-3-7(22)30-16;/h5,9-10H,3-4H2,1-2H3,(H2,17,18)(H,19,23)(H,26,27);/q;+1/p-1/t9-,10+,16?;/m0./s1. The number of methoxy groups -OCH3 is 1. The molecule has 0 saturated carbocycles. The molecule has 0 aromatic carbocycles. The van der Waals surface area contributed by atoms with Crippen molar-refractivity contribution in [1.29, 1.82) is 0 Å². The summed E-state index contributed by atoms with van der Waals surface area (Å²) in [7, 11) is 2.14. The summed E-state index contributed by atoms with van der Waals surface area (Å²) in [4.78, 5) is 75.0. The van der Waals surface area contributed by atoms with Crippen LogP contribution in [0, 0.1) is 0 Å². The van der Waals surface area contributed by atoms with Crippen molar-refractivity contribution in [1.82, 2.24) is 15.4 Å². The second-order valence-corrected chi connectivity index (χ2v) is 7.26. The number of thiazole rings is 1. The fraction of sp³-hybridized carbons (Fsp3) is 0.438. The van der Waals surface area contributed by atoms with Crippen molar-refractivity contribution in [3.8, 4) is 0 Å². The average molecular weight is 493 g/mol. The second-order valence-electron chi connectivity index (χ2n) is 6.37. The Morgan fingerprint density at radius 3 is 2.58 bits per heavy atom. The van der Waals surface area contributed by atoms with Gasteiger partial charge in [-0.3, -0.25) is 14.4 Å². The molecule has 33 heavy (non-hydrogen) atoms. The molecule has 3 N–H and O–H groups in total. The van der Waals surface area contributed by atoms with Crippen LogP contribution in [0.5, 0.6) is 0 Å². The average Bonchev–Trinajstić information content (AvgIpc) is 3.44. The van der Waals surface area contributed by atoms with Gasteiger partial charge in [0.25, 0.3) is 17.5 Å². The van der Waals surface area contributed by atoms with E-state index in [0.717, 1.165) is 25.6 Å². The molecule has 1 aromatic rings. The molecule has 2 aliphatic heterocycles. The van der Waals surface area contributed by atoms with Crippen LogP contribution in [0.15, 0.2) is 10.5 Å². The Kier molecular flexibility index (Phi) is 8.36. The number of carbonyl (C=O) groups is 5. The number of oxime groups is 1. The van der Waals surface area contributed by atoms with Gasteiger partial charge in [0.1, 0.15) is 18.8 Å². The van der Waals surface area contributed by atoms with E-state index in [1.807, 2.05) is 0 Å². The van der Waals surface area contributed by atoms with Crippen LogP contribution >= 0.6 is 11.3 Å². The van der Waals surface area contributed by atoms with Crippen LogP contribution in [0.2, 0.25) is 0 Å². The smallest absolute Gasteiger partial charge is 0.544 e. The molecule has 0 aliphatic carbocycles. The van der Waals surface area contributed by atoms with Gasteiger partial charge in [-0.05, 0) is 0 Å². The quantitative estimate of drug-likeness (QED) is 0.157. The number of anilines is 1. The number of cyclic esters (lactones) is 1. The van der Waals surface area contributed by atoms with E-state index in [-0.39, 0.29) is 51.9 Å². The van der Waals surface area contributed by atoms with E-state index in [0.29, 0.717) is 0 Å². The van der Waals surface area contributed by atoms with Crippen LogP contribution < -0.4 is 45.7 Å². The van der Waals surface area contributed by atoms with E-state index in [9.17, 15) is 29.1 Å². The first-order chi connectivity index (χ1) is 15.1. The van der Waals surface area contributed by atoms with Gasteiger partial charge in [-0.2, -0.15) is 5.06 Å². The van der Waals surface area contributed by atoms with Gasteiger partial charge in [-0.15, -0.1) is 11.3 Å². The maximum atomic E-state index is 13.0. The van der Waals surface area contributed by atoms with Crippen LogP contribution in [0.25, 0.3) is 0 Å². The molecule has 2 fully saturated rings. The van der Waals surface area contributed by atoms with E-state index >= 15 is 0 Å². The Morgan fingerprint density at radius 1 is 1.39 bits per heavy atom. The SMILES string of the molecule is CON=C(C(=O)N[C@@H]1C(=O)N(C2(C(=O)[O-])CCC(=O)O2)O[C@H]1C(=O)OC)c1csc(N)n1.[Na+]. The van der Waals surface area contributed by atoms with Crippen molar-refractivity contribution >= 4 is 51.9 Å². The van der Waals surface area contributed by atoms with Crippen LogP contribution in [0.1, 0.15) is 18.5 Å². The Bertz CT molecular complexity index is 1020. The summed E-state index contributed by atoms with van der Waals surface area (Å²) in [5, 5.41) is 19.2. The molecule has 3 rings (SSSR count). The number of hydroxylamine groups is 2. The molecule has 0 spiro atoms. The van der Waals surface area contributed by atoms with Crippen LogP contribution in [-0.2, 0) is 43.1 Å². The van der Waals surface area contributed by atoms with E-state index in [4.69, 9.17) is 15.3 Å². The Labute approximate surface area is 211 Å². The minimum atomic E-state index is -2.62. The van der Waals surface area contributed by atoms with Gasteiger partial charge in [-0.25, -0.2) is 14.6 Å². The van der Waals surface area contributed by atoms with Gasteiger partial charge >= 0.3 is 41.5 Å². The van der Waals surface area contributed by atoms with E-state index < -0.39 is 59.7 Å². The number of carboxylic acids is 1. The summed E-state index contributed by atoms with van der Waals surface area (Å²) in [6.07, 6.45) is -2.66. The van der Waals surface area contributed by atoms with E-state index in [1.54, 1.807) is 0 Å². The van der Waals surface area contributed by atoms with E-state index in [1.165, 1.54) is 5.38 Å². The first-order valence-corrected chi connectivity index (χ1v) is 9.68. The van der Waals surface area contributed by atoms with Crippen molar-refractivity contribution in [2.45, 2.75) is 30.7 Å². The monoisotopic (exact) mass is 493 g/mol. The summed E-state index contributed by atoms with van der Waals surface area (Å²) in [6, 6.07) is -1.77. The van der Waals surface area contributed by atoms with Gasteiger partial charge in [0.05, 0.1) is 13.5 Å². The van der Waals surface area contributed by atoms with Crippen molar-refractivity contribution in [3.05, 3.63) is 11.1 Å². The van der Waals surface area contributed by atoms with Gasteiger partial charge in [0.15, 0.2) is 16.9 Å². The number of aromatic nitrogens is 1. The predicted octanol–water partition coefficient (Wildman–Crippen LogP) is -6.34. The molecular weight excluding hydrogens is 477 g/mol. The summed E-state index contributed by atoms with van der Waals surface area (Å²) >= 11 is 1.00. The molecule has 15 nitrogen and oxygen atoms in total. The molecule has 2 aliphatic rings. The number of nitrogen functional groups attached to an aromatic ring is 1. The number of hydrogen-bond donors (Lipinski definition) is 2. The van der Waals surface area contributed by atoms with Crippen molar-refractivity contribution < 1.29 is 77.8 Å². The number of esters is 2.